The number of hydrogen-bond donors (Lipinski definition) is 0. The number of nitriles is 1. The van der Waals surface area contributed by atoms with Crippen molar-refractivity contribution in [2.24, 2.45) is 0 Å². The molecule has 0 atom stereocenters. The largest absolute Gasteiger partial charge is 0.240 e. The van der Waals surface area contributed by atoms with Crippen LogP contribution in [0, 0.1) is 18.3 Å². The van der Waals surface area contributed by atoms with Crippen molar-refractivity contribution in [2.75, 3.05) is 0 Å². The first-order chi connectivity index (χ1) is 5.81. The second-order valence-corrected chi connectivity index (χ2v) is 3.11. The van der Waals surface area contributed by atoms with E-state index < -0.39 is 0 Å². The molecule has 0 unspecified atom stereocenters. The predicted octanol–water partition coefficient (Wildman–Crippen LogP) is 1.53. The first-order valence-corrected chi connectivity index (χ1v) is 4.05. The third-order valence-corrected chi connectivity index (χ3v) is 2.06. The van der Waals surface area contributed by atoms with Gasteiger partial charge in [0.2, 0.25) is 0 Å². The molecule has 1 saturated carbocycles. The van der Waals surface area contributed by atoms with Crippen molar-refractivity contribution < 1.29 is 0 Å². The zero-order chi connectivity index (χ0) is 8.55. The zero-order valence-corrected chi connectivity index (χ0v) is 6.91. The lowest BCUT2D eigenvalue weighted by Gasteiger charge is -1.98. The van der Waals surface area contributed by atoms with Gasteiger partial charge in [0.15, 0.2) is 0 Å². The van der Waals surface area contributed by atoms with Crippen LogP contribution in [-0.2, 0) is 0 Å². The van der Waals surface area contributed by atoms with Crippen LogP contribution in [0.4, 0.5) is 0 Å². The second kappa shape index (κ2) is 2.56. The van der Waals surface area contributed by atoms with Crippen LogP contribution in [0.15, 0.2) is 6.20 Å². The number of aryl methyl sites for hydroxylation is 1. The van der Waals surface area contributed by atoms with Gasteiger partial charge in [0.1, 0.15) is 11.9 Å². The molecule has 3 nitrogen and oxygen atoms in total. The molecule has 3 heteroatoms. The van der Waals surface area contributed by atoms with E-state index in [9.17, 15) is 0 Å². The minimum Gasteiger partial charge on any atom is -0.240 e. The molecule has 1 aliphatic rings. The Kier molecular flexibility index (Phi) is 1.54. The van der Waals surface area contributed by atoms with E-state index in [0.29, 0.717) is 11.5 Å². The molecule has 12 heavy (non-hydrogen) atoms. The van der Waals surface area contributed by atoms with Gasteiger partial charge in [-0.2, -0.15) is 5.26 Å². The van der Waals surface area contributed by atoms with Crippen LogP contribution >= 0.6 is 0 Å². The summed E-state index contributed by atoms with van der Waals surface area (Å²) in [6, 6.07) is 2.06. The summed E-state index contributed by atoms with van der Waals surface area (Å²) in [7, 11) is 0. The highest BCUT2D eigenvalue weighted by Crippen LogP contribution is 2.37. The van der Waals surface area contributed by atoms with Crippen LogP contribution in [0.2, 0.25) is 0 Å². The van der Waals surface area contributed by atoms with E-state index in [1.807, 2.05) is 6.92 Å². The van der Waals surface area contributed by atoms with Gasteiger partial charge >= 0.3 is 0 Å². The molecule has 0 saturated heterocycles. The molecule has 1 aromatic heterocycles. The summed E-state index contributed by atoms with van der Waals surface area (Å²) in [5.74, 6) is 1.47. The SMILES string of the molecule is Cc1nc(C2CC2)ncc1C#N. The normalized spacial score (nSPS) is 15.7. The number of rotatable bonds is 1. The minimum absolute atomic E-state index is 0.566. The molecule has 1 aliphatic carbocycles. The Morgan fingerprint density at radius 3 is 2.83 bits per heavy atom. The smallest absolute Gasteiger partial charge is 0.131 e. The van der Waals surface area contributed by atoms with Gasteiger partial charge in [-0.1, -0.05) is 0 Å². The highest BCUT2D eigenvalue weighted by molar-refractivity contribution is 5.30. The molecule has 0 bridgehead atoms. The molecule has 0 amide bonds. The standard InChI is InChI=1S/C9H9N3/c1-6-8(4-10)5-11-9(12-6)7-2-3-7/h5,7H,2-3H2,1H3. The summed E-state index contributed by atoms with van der Waals surface area (Å²) in [4.78, 5) is 8.41. The fourth-order valence-corrected chi connectivity index (χ4v) is 1.13. The van der Waals surface area contributed by atoms with Crippen molar-refractivity contribution in [3.05, 3.63) is 23.3 Å². The molecule has 0 aromatic carbocycles. The van der Waals surface area contributed by atoms with Gasteiger partial charge in [-0.3, -0.25) is 0 Å². The van der Waals surface area contributed by atoms with Crippen molar-refractivity contribution in [1.29, 1.82) is 5.26 Å². The first-order valence-electron chi connectivity index (χ1n) is 4.05. The molecule has 2 rings (SSSR count). The van der Waals surface area contributed by atoms with Crippen LogP contribution in [-0.4, -0.2) is 9.97 Å². The van der Waals surface area contributed by atoms with Gasteiger partial charge in [-0.05, 0) is 19.8 Å². The van der Waals surface area contributed by atoms with Gasteiger partial charge in [0.25, 0.3) is 0 Å². The summed E-state index contributed by atoms with van der Waals surface area (Å²) in [5, 5.41) is 8.63. The van der Waals surface area contributed by atoms with Gasteiger partial charge < -0.3 is 0 Å². The van der Waals surface area contributed by atoms with Crippen LogP contribution in [0.1, 0.15) is 35.8 Å². The molecular formula is C9H9N3. The van der Waals surface area contributed by atoms with Gasteiger partial charge in [-0.15, -0.1) is 0 Å². The third kappa shape index (κ3) is 1.16. The van der Waals surface area contributed by atoms with Gasteiger partial charge in [-0.25, -0.2) is 9.97 Å². The van der Waals surface area contributed by atoms with Crippen LogP contribution in [0.5, 0.6) is 0 Å². The molecule has 60 valence electrons. The Hall–Kier alpha value is -1.43. The maximum Gasteiger partial charge on any atom is 0.131 e. The highest BCUT2D eigenvalue weighted by atomic mass is 14.9. The Bertz CT molecular complexity index is 347. The average Bonchev–Trinajstić information content (AvgIpc) is 2.86. The maximum atomic E-state index is 8.63. The summed E-state index contributed by atoms with van der Waals surface area (Å²) >= 11 is 0. The Labute approximate surface area is 71.1 Å². The lowest BCUT2D eigenvalue weighted by atomic mass is 10.2. The number of aromatic nitrogens is 2. The number of nitrogens with zero attached hydrogens (tertiary/aromatic N) is 3. The van der Waals surface area contributed by atoms with E-state index in [-0.39, 0.29) is 0 Å². The van der Waals surface area contributed by atoms with E-state index in [1.165, 1.54) is 12.8 Å². The van der Waals surface area contributed by atoms with Crippen molar-refractivity contribution in [2.45, 2.75) is 25.7 Å². The predicted molar refractivity (Wildman–Crippen MR) is 43.5 cm³/mol. The van der Waals surface area contributed by atoms with E-state index in [0.717, 1.165) is 11.5 Å². The topological polar surface area (TPSA) is 49.6 Å². The van der Waals surface area contributed by atoms with Gasteiger partial charge in [0.05, 0.1) is 11.3 Å². The van der Waals surface area contributed by atoms with E-state index in [1.54, 1.807) is 6.20 Å². The molecule has 1 aromatic rings. The van der Waals surface area contributed by atoms with Gasteiger partial charge in [0, 0.05) is 12.1 Å². The summed E-state index contributed by atoms with van der Waals surface area (Å²) in [5.41, 5.74) is 1.38. The maximum absolute atomic E-state index is 8.63. The van der Waals surface area contributed by atoms with Crippen LogP contribution in [0.25, 0.3) is 0 Å². The van der Waals surface area contributed by atoms with E-state index in [4.69, 9.17) is 5.26 Å². The Morgan fingerprint density at radius 1 is 1.58 bits per heavy atom. The lowest BCUT2D eigenvalue weighted by molar-refractivity contribution is 0.901. The lowest BCUT2D eigenvalue weighted by Crippen LogP contribution is -1.96. The van der Waals surface area contributed by atoms with Crippen LogP contribution in [0.3, 0.4) is 0 Å². The van der Waals surface area contributed by atoms with Crippen LogP contribution < -0.4 is 0 Å². The molecular weight excluding hydrogens is 150 g/mol. The molecule has 0 N–H and O–H groups in total. The summed E-state index contributed by atoms with van der Waals surface area (Å²) in [6.45, 7) is 1.85. The fraction of sp³-hybridized carbons (Fsp3) is 0.444. The second-order valence-electron chi connectivity index (χ2n) is 3.11. The molecule has 1 heterocycles. The highest BCUT2D eigenvalue weighted by Gasteiger charge is 2.26. The first kappa shape index (κ1) is 7.23. The average molecular weight is 159 g/mol. The Morgan fingerprint density at radius 2 is 2.33 bits per heavy atom. The van der Waals surface area contributed by atoms with Crippen molar-refractivity contribution in [3.8, 4) is 6.07 Å². The zero-order valence-electron chi connectivity index (χ0n) is 6.91. The fourth-order valence-electron chi connectivity index (χ4n) is 1.13. The summed E-state index contributed by atoms with van der Waals surface area (Å²) in [6.07, 6.45) is 4.02. The minimum atomic E-state index is 0.566. The molecule has 0 aliphatic heterocycles. The van der Waals surface area contributed by atoms with Crippen molar-refractivity contribution in [1.82, 2.24) is 9.97 Å². The quantitative estimate of drug-likeness (QED) is 0.624. The van der Waals surface area contributed by atoms with E-state index in [2.05, 4.69) is 16.0 Å². The molecule has 0 radical (unpaired) electrons. The Balaban J connectivity index is 2.38. The van der Waals surface area contributed by atoms with Crippen molar-refractivity contribution >= 4 is 0 Å². The van der Waals surface area contributed by atoms with Crippen molar-refractivity contribution in [3.63, 3.8) is 0 Å². The molecule has 1 fully saturated rings. The monoisotopic (exact) mass is 159 g/mol. The number of hydrogen-bond acceptors (Lipinski definition) is 3. The summed E-state index contributed by atoms with van der Waals surface area (Å²) < 4.78 is 0. The molecule has 0 spiro atoms. The van der Waals surface area contributed by atoms with E-state index >= 15 is 0 Å². The third-order valence-electron chi connectivity index (χ3n) is 2.06.